The molecule has 6 nitrogen and oxygen atoms in total. The number of piperidine rings is 2. The smallest absolute Gasteiger partial charge is 0.312 e. The van der Waals surface area contributed by atoms with Crippen LogP contribution in [0.1, 0.15) is 48.9 Å². The van der Waals surface area contributed by atoms with Crippen LogP contribution in [-0.4, -0.2) is 74.6 Å². The van der Waals surface area contributed by atoms with E-state index in [4.69, 9.17) is 4.74 Å². The van der Waals surface area contributed by atoms with Crippen molar-refractivity contribution in [1.29, 1.82) is 0 Å². The summed E-state index contributed by atoms with van der Waals surface area (Å²) in [5, 5.41) is 0. The van der Waals surface area contributed by atoms with Crippen molar-refractivity contribution in [2.75, 3.05) is 51.7 Å². The van der Waals surface area contributed by atoms with Gasteiger partial charge >= 0.3 is 5.97 Å². The molecule has 3 saturated heterocycles. The van der Waals surface area contributed by atoms with E-state index in [1.54, 1.807) is 0 Å². The maximum atomic E-state index is 13.0. The van der Waals surface area contributed by atoms with Crippen LogP contribution in [0, 0.1) is 5.41 Å². The zero-order valence-corrected chi connectivity index (χ0v) is 17.7. The number of cyclic esters (lactones) is 1. The minimum absolute atomic E-state index is 0.0258. The first kappa shape index (κ1) is 20.2. The SMILES string of the molecule is CN(C)CC1CC2(CCN(C(=O)c3ccc(N4CCCCC4)cc3)CC2)C(=O)O1. The molecule has 3 aliphatic heterocycles. The molecule has 0 aromatic heterocycles. The molecule has 0 saturated carbocycles. The fourth-order valence-corrected chi connectivity index (χ4v) is 5.04. The molecule has 0 aliphatic carbocycles. The Hall–Kier alpha value is -2.08. The number of carbonyl (C=O) groups is 2. The molecule has 0 bridgehead atoms. The summed E-state index contributed by atoms with van der Waals surface area (Å²) >= 11 is 0. The molecule has 1 aromatic carbocycles. The zero-order valence-electron chi connectivity index (χ0n) is 17.7. The lowest BCUT2D eigenvalue weighted by molar-refractivity contribution is -0.150. The van der Waals surface area contributed by atoms with E-state index in [0.717, 1.165) is 31.6 Å². The monoisotopic (exact) mass is 399 g/mol. The number of likely N-dealkylation sites (N-methyl/N-ethyl adjacent to an activating group) is 1. The van der Waals surface area contributed by atoms with Crippen LogP contribution in [0.4, 0.5) is 5.69 Å². The van der Waals surface area contributed by atoms with E-state index in [-0.39, 0.29) is 18.0 Å². The molecule has 3 fully saturated rings. The van der Waals surface area contributed by atoms with Gasteiger partial charge in [-0.3, -0.25) is 9.59 Å². The van der Waals surface area contributed by atoms with E-state index >= 15 is 0 Å². The highest BCUT2D eigenvalue weighted by molar-refractivity contribution is 5.95. The van der Waals surface area contributed by atoms with Gasteiger partial charge in [-0.25, -0.2) is 0 Å². The molecule has 1 spiro atoms. The van der Waals surface area contributed by atoms with Crippen LogP contribution in [0.5, 0.6) is 0 Å². The number of amides is 1. The first-order valence-electron chi connectivity index (χ1n) is 11.0. The maximum Gasteiger partial charge on any atom is 0.312 e. The number of carbonyl (C=O) groups excluding carboxylic acids is 2. The summed E-state index contributed by atoms with van der Waals surface area (Å²) in [5.74, 6) is 0.00332. The van der Waals surface area contributed by atoms with Crippen LogP contribution in [0.15, 0.2) is 24.3 Å². The third kappa shape index (κ3) is 4.27. The number of hydrogen-bond acceptors (Lipinski definition) is 5. The van der Waals surface area contributed by atoms with Crippen molar-refractivity contribution >= 4 is 17.6 Å². The van der Waals surface area contributed by atoms with Gasteiger partial charge in [0.1, 0.15) is 6.10 Å². The van der Waals surface area contributed by atoms with Crippen LogP contribution in [0.25, 0.3) is 0 Å². The molecule has 1 unspecified atom stereocenters. The summed E-state index contributed by atoms with van der Waals surface area (Å²) in [7, 11) is 3.99. The van der Waals surface area contributed by atoms with Crippen molar-refractivity contribution < 1.29 is 14.3 Å². The summed E-state index contributed by atoms with van der Waals surface area (Å²) in [6.07, 6.45) is 5.95. The van der Waals surface area contributed by atoms with Crippen LogP contribution >= 0.6 is 0 Å². The van der Waals surface area contributed by atoms with Gasteiger partial charge in [-0.1, -0.05) is 0 Å². The summed E-state index contributed by atoms with van der Waals surface area (Å²) in [5.41, 5.74) is 1.55. The molecule has 6 heteroatoms. The molecule has 158 valence electrons. The van der Waals surface area contributed by atoms with E-state index in [0.29, 0.717) is 25.9 Å². The highest BCUT2D eigenvalue weighted by atomic mass is 16.6. The standard InChI is InChI=1S/C23H33N3O3/c1-24(2)17-20-16-23(22(28)29-20)10-14-26(15-11-23)21(27)18-6-8-19(9-7-18)25-12-4-3-5-13-25/h6-9,20H,3-5,10-17H2,1-2H3. The maximum absolute atomic E-state index is 13.0. The first-order chi connectivity index (χ1) is 14.0. The second-order valence-electron chi connectivity index (χ2n) is 9.16. The Morgan fingerprint density at radius 1 is 1.07 bits per heavy atom. The molecule has 1 aromatic rings. The van der Waals surface area contributed by atoms with Crippen molar-refractivity contribution in [3.05, 3.63) is 29.8 Å². The van der Waals surface area contributed by atoms with Crippen molar-refractivity contribution in [3.63, 3.8) is 0 Å². The second-order valence-corrected chi connectivity index (χ2v) is 9.16. The first-order valence-corrected chi connectivity index (χ1v) is 11.0. The number of nitrogens with zero attached hydrogens (tertiary/aromatic N) is 3. The number of rotatable bonds is 4. The van der Waals surface area contributed by atoms with Crippen molar-refractivity contribution in [2.45, 2.75) is 44.6 Å². The minimum Gasteiger partial charge on any atom is -0.461 e. The van der Waals surface area contributed by atoms with Gasteiger partial charge in [0.05, 0.1) is 5.41 Å². The van der Waals surface area contributed by atoms with Crippen LogP contribution in [-0.2, 0) is 9.53 Å². The lowest BCUT2D eigenvalue weighted by Crippen LogP contribution is -2.45. The Labute approximate surface area is 173 Å². The summed E-state index contributed by atoms with van der Waals surface area (Å²) in [4.78, 5) is 31.9. The van der Waals surface area contributed by atoms with Gasteiger partial charge in [0.15, 0.2) is 0 Å². The predicted octanol–water partition coefficient (Wildman–Crippen LogP) is 2.78. The normalized spacial score (nSPS) is 24.2. The summed E-state index contributed by atoms with van der Waals surface area (Å²) < 4.78 is 5.63. The van der Waals surface area contributed by atoms with E-state index in [1.165, 1.54) is 24.9 Å². The van der Waals surface area contributed by atoms with Gasteiger partial charge in [-0.2, -0.15) is 0 Å². The number of ether oxygens (including phenoxy) is 1. The molecule has 3 heterocycles. The van der Waals surface area contributed by atoms with Crippen LogP contribution in [0.3, 0.4) is 0 Å². The largest absolute Gasteiger partial charge is 0.461 e. The van der Waals surface area contributed by atoms with Crippen LogP contribution < -0.4 is 4.90 Å². The van der Waals surface area contributed by atoms with E-state index in [9.17, 15) is 9.59 Å². The molecule has 1 amide bonds. The second kappa shape index (κ2) is 8.34. The predicted molar refractivity (Wildman–Crippen MR) is 113 cm³/mol. The number of likely N-dealkylation sites (tertiary alicyclic amines) is 1. The third-order valence-corrected chi connectivity index (χ3v) is 6.74. The van der Waals surface area contributed by atoms with Crippen molar-refractivity contribution in [3.8, 4) is 0 Å². The topological polar surface area (TPSA) is 53.1 Å². The van der Waals surface area contributed by atoms with Gasteiger partial charge in [-0.15, -0.1) is 0 Å². The molecule has 1 atom stereocenters. The Morgan fingerprint density at radius 2 is 1.72 bits per heavy atom. The van der Waals surface area contributed by atoms with Crippen molar-refractivity contribution in [2.24, 2.45) is 5.41 Å². The Kier molecular flexibility index (Phi) is 5.81. The van der Waals surface area contributed by atoms with Gasteiger partial charge in [0.25, 0.3) is 5.91 Å². The number of hydrogen-bond donors (Lipinski definition) is 0. The summed E-state index contributed by atoms with van der Waals surface area (Å²) in [6.45, 7) is 4.21. The molecular formula is C23H33N3O3. The third-order valence-electron chi connectivity index (χ3n) is 6.74. The fraction of sp³-hybridized carbons (Fsp3) is 0.652. The zero-order chi connectivity index (χ0) is 20.4. The number of esters is 1. The van der Waals surface area contributed by atoms with Gasteiger partial charge in [0.2, 0.25) is 0 Å². The lowest BCUT2D eigenvalue weighted by Gasteiger charge is -2.36. The molecule has 0 N–H and O–H groups in total. The number of benzene rings is 1. The highest BCUT2D eigenvalue weighted by Crippen LogP contribution is 2.43. The van der Waals surface area contributed by atoms with Gasteiger partial charge in [0, 0.05) is 50.4 Å². The van der Waals surface area contributed by atoms with Crippen LogP contribution in [0.2, 0.25) is 0 Å². The molecule has 0 radical (unpaired) electrons. The Bertz CT molecular complexity index is 732. The average Bonchev–Trinajstić information content (AvgIpc) is 3.02. The van der Waals surface area contributed by atoms with Gasteiger partial charge < -0.3 is 19.4 Å². The molecular weight excluding hydrogens is 366 g/mol. The Balaban J connectivity index is 1.35. The summed E-state index contributed by atoms with van der Waals surface area (Å²) in [6, 6.07) is 8.05. The van der Waals surface area contributed by atoms with E-state index in [2.05, 4.69) is 21.9 Å². The number of anilines is 1. The molecule has 3 aliphatic rings. The lowest BCUT2D eigenvalue weighted by atomic mass is 9.76. The molecule has 29 heavy (non-hydrogen) atoms. The fourth-order valence-electron chi connectivity index (χ4n) is 5.04. The highest BCUT2D eigenvalue weighted by Gasteiger charge is 2.50. The Morgan fingerprint density at radius 3 is 2.34 bits per heavy atom. The van der Waals surface area contributed by atoms with Crippen molar-refractivity contribution in [1.82, 2.24) is 9.80 Å². The van der Waals surface area contributed by atoms with E-state index < -0.39 is 5.41 Å². The minimum atomic E-state index is -0.393. The molecule has 4 rings (SSSR count). The average molecular weight is 400 g/mol. The van der Waals surface area contributed by atoms with Gasteiger partial charge in [-0.05, 0) is 70.5 Å². The van der Waals surface area contributed by atoms with E-state index in [1.807, 2.05) is 31.1 Å². The quantitative estimate of drug-likeness (QED) is 0.729.